The van der Waals surface area contributed by atoms with Gasteiger partial charge in [0, 0.05) is 13.1 Å². The number of piperidine rings is 1. The molecular weight excluding hydrogens is 138 g/mol. The summed E-state index contributed by atoms with van der Waals surface area (Å²) in [4.78, 5) is 2.06. The first-order chi connectivity index (χ1) is 5.24. The van der Waals surface area contributed by atoms with E-state index in [0.717, 1.165) is 19.0 Å². The summed E-state index contributed by atoms with van der Waals surface area (Å²) in [5, 5.41) is 9.38. The molecule has 0 spiro atoms. The minimum Gasteiger partial charge on any atom is -0.375 e. The maximum atomic E-state index is 9.38. The fraction of sp³-hybridized carbons (Fsp3) is 0.778. The lowest BCUT2D eigenvalue weighted by Gasteiger charge is -2.32. The van der Waals surface area contributed by atoms with Crippen molar-refractivity contribution in [3.05, 3.63) is 12.7 Å². The highest BCUT2D eigenvalue weighted by atomic mass is 16.3. The fourth-order valence-corrected chi connectivity index (χ4v) is 1.44. The number of nitrogens with zero attached hydrogens (tertiary/aromatic N) is 1. The van der Waals surface area contributed by atoms with Crippen LogP contribution in [0.25, 0.3) is 0 Å². The van der Waals surface area contributed by atoms with Crippen LogP contribution in [0.4, 0.5) is 0 Å². The van der Waals surface area contributed by atoms with Gasteiger partial charge < -0.3 is 5.11 Å². The van der Waals surface area contributed by atoms with Gasteiger partial charge in [0.05, 0.1) is 0 Å². The number of rotatable bonds is 2. The fourth-order valence-electron chi connectivity index (χ4n) is 1.44. The molecular formula is C9H17NO. The summed E-state index contributed by atoms with van der Waals surface area (Å²) in [6.45, 7) is 7.84. The van der Waals surface area contributed by atoms with Gasteiger partial charge in [-0.2, -0.15) is 0 Å². The van der Waals surface area contributed by atoms with Crippen molar-refractivity contribution >= 4 is 0 Å². The molecule has 0 bridgehead atoms. The summed E-state index contributed by atoms with van der Waals surface area (Å²) >= 11 is 0. The van der Waals surface area contributed by atoms with Crippen molar-refractivity contribution in [3.63, 3.8) is 0 Å². The third-order valence-electron chi connectivity index (χ3n) is 2.40. The minimum absolute atomic E-state index is 0.428. The van der Waals surface area contributed by atoms with Crippen LogP contribution < -0.4 is 0 Å². The molecule has 0 aromatic carbocycles. The summed E-state index contributed by atoms with van der Waals surface area (Å²) in [5.74, 6) is 0.822. The first-order valence-corrected chi connectivity index (χ1v) is 4.28. The normalized spacial score (nSPS) is 24.9. The van der Waals surface area contributed by atoms with Crippen LogP contribution in [0.15, 0.2) is 12.7 Å². The second-order valence-corrected chi connectivity index (χ2v) is 3.37. The zero-order chi connectivity index (χ0) is 8.27. The van der Waals surface area contributed by atoms with Gasteiger partial charge in [-0.25, -0.2) is 0 Å². The maximum absolute atomic E-state index is 9.38. The molecule has 1 unspecified atom stereocenters. The van der Waals surface area contributed by atoms with Gasteiger partial charge in [0.25, 0.3) is 0 Å². The van der Waals surface area contributed by atoms with Gasteiger partial charge in [0.2, 0.25) is 0 Å². The second-order valence-electron chi connectivity index (χ2n) is 3.37. The largest absolute Gasteiger partial charge is 0.375 e. The van der Waals surface area contributed by atoms with Crippen molar-refractivity contribution in [2.45, 2.75) is 26.0 Å². The lowest BCUT2D eigenvalue weighted by Crippen LogP contribution is -2.39. The molecule has 1 aliphatic heterocycles. The van der Waals surface area contributed by atoms with Crippen molar-refractivity contribution in [1.82, 2.24) is 4.90 Å². The van der Waals surface area contributed by atoms with Gasteiger partial charge in [-0.15, -0.1) is 0 Å². The Morgan fingerprint density at radius 2 is 2.09 bits per heavy atom. The zero-order valence-electron chi connectivity index (χ0n) is 7.16. The van der Waals surface area contributed by atoms with E-state index in [-0.39, 0.29) is 0 Å². The Balaban J connectivity index is 2.32. The highest BCUT2D eigenvalue weighted by Crippen LogP contribution is 2.17. The van der Waals surface area contributed by atoms with Crippen LogP contribution in [0.5, 0.6) is 0 Å². The number of likely N-dealkylation sites (tertiary alicyclic amines) is 1. The zero-order valence-corrected chi connectivity index (χ0v) is 7.16. The number of aliphatic hydroxyl groups is 1. The molecule has 1 N–H and O–H groups in total. The van der Waals surface area contributed by atoms with Crippen LogP contribution in [0.3, 0.4) is 0 Å². The predicted molar refractivity (Wildman–Crippen MR) is 46.2 cm³/mol. The lowest BCUT2D eigenvalue weighted by atomic mass is 9.99. The highest BCUT2D eigenvalue weighted by Gasteiger charge is 2.18. The molecule has 0 aliphatic carbocycles. The number of aliphatic hydroxyl groups excluding tert-OH is 1. The molecule has 1 rings (SSSR count). The van der Waals surface area contributed by atoms with E-state index >= 15 is 0 Å². The van der Waals surface area contributed by atoms with Crippen LogP contribution in [0.2, 0.25) is 0 Å². The first kappa shape index (κ1) is 8.75. The minimum atomic E-state index is -0.428. The van der Waals surface area contributed by atoms with Crippen molar-refractivity contribution in [1.29, 1.82) is 0 Å². The van der Waals surface area contributed by atoms with E-state index in [1.165, 1.54) is 12.8 Å². The van der Waals surface area contributed by atoms with Crippen molar-refractivity contribution in [3.8, 4) is 0 Å². The van der Waals surface area contributed by atoms with E-state index in [2.05, 4.69) is 18.4 Å². The molecule has 1 fully saturated rings. The van der Waals surface area contributed by atoms with E-state index in [1.54, 1.807) is 6.08 Å². The molecule has 1 atom stereocenters. The summed E-state index contributed by atoms with van der Waals surface area (Å²) < 4.78 is 0. The van der Waals surface area contributed by atoms with Crippen molar-refractivity contribution in [2.75, 3.05) is 13.1 Å². The Morgan fingerprint density at radius 1 is 1.55 bits per heavy atom. The lowest BCUT2D eigenvalue weighted by molar-refractivity contribution is 0.0192. The molecule has 1 heterocycles. The van der Waals surface area contributed by atoms with E-state index in [0.29, 0.717) is 0 Å². The maximum Gasteiger partial charge on any atom is 0.126 e. The molecule has 0 aromatic rings. The van der Waals surface area contributed by atoms with Gasteiger partial charge in [-0.1, -0.05) is 13.5 Å². The van der Waals surface area contributed by atoms with Crippen LogP contribution >= 0.6 is 0 Å². The standard InChI is InChI=1S/C9H17NO/c1-3-9(11)10-6-4-8(2)5-7-10/h3,8-9,11H,1,4-7H2,2H3. The number of hydrogen-bond acceptors (Lipinski definition) is 2. The van der Waals surface area contributed by atoms with Gasteiger partial charge in [0.1, 0.15) is 6.23 Å². The summed E-state index contributed by atoms with van der Waals surface area (Å²) in [7, 11) is 0. The molecule has 2 nitrogen and oxygen atoms in total. The first-order valence-electron chi connectivity index (χ1n) is 4.28. The predicted octanol–water partition coefficient (Wildman–Crippen LogP) is 1.22. The van der Waals surface area contributed by atoms with Gasteiger partial charge in [-0.05, 0) is 24.8 Å². The van der Waals surface area contributed by atoms with Gasteiger partial charge >= 0.3 is 0 Å². The second kappa shape index (κ2) is 3.88. The van der Waals surface area contributed by atoms with E-state index < -0.39 is 6.23 Å². The molecule has 0 saturated carbocycles. The third-order valence-corrected chi connectivity index (χ3v) is 2.40. The summed E-state index contributed by atoms with van der Waals surface area (Å²) in [5.41, 5.74) is 0. The topological polar surface area (TPSA) is 23.5 Å². The van der Waals surface area contributed by atoms with Crippen LogP contribution in [-0.2, 0) is 0 Å². The number of hydrogen-bond donors (Lipinski definition) is 1. The Morgan fingerprint density at radius 3 is 2.55 bits per heavy atom. The quantitative estimate of drug-likeness (QED) is 0.606. The molecule has 1 saturated heterocycles. The average Bonchev–Trinajstić information content (AvgIpc) is 2.05. The van der Waals surface area contributed by atoms with Gasteiger partial charge in [0.15, 0.2) is 0 Å². The molecule has 0 aromatic heterocycles. The van der Waals surface area contributed by atoms with Crippen molar-refractivity contribution in [2.24, 2.45) is 5.92 Å². The van der Waals surface area contributed by atoms with E-state index in [4.69, 9.17) is 0 Å². The van der Waals surface area contributed by atoms with E-state index in [1.807, 2.05) is 0 Å². The average molecular weight is 155 g/mol. The Bertz CT molecular complexity index is 128. The summed E-state index contributed by atoms with van der Waals surface area (Å²) in [6, 6.07) is 0. The Labute approximate surface area is 68.5 Å². The Hall–Kier alpha value is -0.340. The SMILES string of the molecule is C=CC(O)N1CCC(C)CC1. The van der Waals surface area contributed by atoms with Crippen LogP contribution in [-0.4, -0.2) is 29.3 Å². The van der Waals surface area contributed by atoms with Crippen molar-refractivity contribution < 1.29 is 5.11 Å². The van der Waals surface area contributed by atoms with Gasteiger partial charge in [-0.3, -0.25) is 4.90 Å². The Kier molecular flexibility index (Phi) is 3.09. The molecule has 0 amide bonds. The molecule has 1 aliphatic rings. The van der Waals surface area contributed by atoms with Crippen LogP contribution in [0.1, 0.15) is 19.8 Å². The molecule has 0 radical (unpaired) electrons. The molecule has 2 heteroatoms. The third kappa shape index (κ3) is 2.31. The molecule has 64 valence electrons. The highest BCUT2D eigenvalue weighted by molar-refractivity contribution is 4.81. The smallest absolute Gasteiger partial charge is 0.126 e. The molecule has 11 heavy (non-hydrogen) atoms. The summed E-state index contributed by atoms with van der Waals surface area (Å²) in [6.07, 6.45) is 3.56. The van der Waals surface area contributed by atoms with Crippen LogP contribution in [0, 0.1) is 5.92 Å². The van der Waals surface area contributed by atoms with E-state index in [9.17, 15) is 5.11 Å². The monoisotopic (exact) mass is 155 g/mol.